The Morgan fingerprint density at radius 1 is 1.15 bits per heavy atom. The second-order valence-electron chi connectivity index (χ2n) is 6.34. The summed E-state index contributed by atoms with van der Waals surface area (Å²) in [6.45, 7) is 12.8. The van der Waals surface area contributed by atoms with E-state index in [9.17, 15) is 13.2 Å². The topological polar surface area (TPSA) is 4.93 Å². The molecule has 0 saturated heterocycles. The predicted octanol–water partition coefficient (Wildman–Crippen LogP) is 5.45. The molecular weight excluding hydrogens is 263 g/mol. The largest absolute Gasteiger partial charge is 0.418 e. The number of hydrogen-bond acceptors (Lipinski definition) is 0. The summed E-state index contributed by atoms with van der Waals surface area (Å²) < 4.78 is 40.4. The van der Waals surface area contributed by atoms with Crippen LogP contribution in [0.5, 0.6) is 0 Å². The summed E-state index contributed by atoms with van der Waals surface area (Å²) >= 11 is 0. The van der Waals surface area contributed by atoms with E-state index in [1.165, 1.54) is 6.07 Å². The van der Waals surface area contributed by atoms with Gasteiger partial charge in [0, 0.05) is 17.9 Å². The Morgan fingerprint density at radius 3 is 2.15 bits per heavy atom. The van der Waals surface area contributed by atoms with Crippen LogP contribution in [-0.2, 0) is 19.1 Å². The van der Waals surface area contributed by atoms with Crippen LogP contribution >= 0.6 is 0 Å². The van der Waals surface area contributed by atoms with Gasteiger partial charge < -0.3 is 4.57 Å². The van der Waals surface area contributed by atoms with E-state index in [0.29, 0.717) is 18.2 Å². The summed E-state index contributed by atoms with van der Waals surface area (Å²) in [5, 5.41) is 0. The number of rotatable bonds is 0. The van der Waals surface area contributed by atoms with E-state index in [1.54, 1.807) is 6.92 Å². The fourth-order valence-electron chi connectivity index (χ4n) is 2.86. The number of aromatic nitrogens is 1. The lowest BCUT2D eigenvalue weighted by Crippen LogP contribution is -2.29. The van der Waals surface area contributed by atoms with Gasteiger partial charge in [-0.2, -0.15) is 13.2 Å². The molecule has 1 nitrogen and oxygen atoms in total. The van der Waals surface area contributed by atoms with Crippen molar-refractivity contribution >= 4 is 0 Å². The van der Waals surface area contributed by atoms with Crippen molar-refractivity contribution in [3.63, 3.8) is 0 Å². The molecule has 0 bridgehead atoms. The maximum atomic E-state index is 12.9. The molecule has 1 aromatic heterocycles. The first-order valence-corrected chi connectivity index (χ1v) is 7.37. The summed E-state index contributed by atoms with van der Waals surface area (Å²) in [5.41, 5.74) is 0.893. The van der Waals surface area contributed by atoms with E-state index < -0.39 is 11.7 Å². The highest BCUT2D eigenvalue weighted by molar-refractivity contribution is 5.31. The first kappa shape index (κ1) is 17.1. The van der Waals surface area contributed by atoms with E-state index >= 15 is 0 Å². The molecule has 1 atom stereocenters. The Labute approximate surface area is 120 Å². The third-order valence-electron chi connectivity index (χ3n) is 4.14. The van der Waals surface area contributed by atoms with Crippen LogP contribution in [0.4, 0.5) is 13.2 Å². The average Bonchev–Trinajstić information content (AvgIpc) is 2.68. The SMILES string of the molecule is CC.Cc1c(C(F)(F)F)cc2n1CCC(C(C)(C)C)C2. The van der Waals surface area contributed by atoms with Crippen LogP contribution < -0.4 is 0 Å². The van der Waals surface area contributed by atoms with Gasteiger partial charge in [0.25, 0.3) is 0 Å². The van der Waals surface area contributed by atoms with Crippen LogP contribution in [0.15, 0.2) is 6.07 Å². The van der Waals surface area contributed by atoms with Gasteiger partial charge in [-0.1, -0.05) is 34.6 Å². The summed E-state index contributed by atoms with van der Waals surface area (Å²) in [5.74, 6) is 0.459. The summed E-state index contributed by atoms with van der Waals surface area (Å²) in [6, 6.07) is 1.34. The van der Waals surface area contributed by atoms with Gasteiger partial charge in [-0.15, -0.1) is 0 Å². The fraction of sp³-hybridized carbons (Fsp3) is 0.750. The normalized spacial score (nSPS) is 19.1. The minimum absolute atomic E-state index is 0.155. The number of alkyl halides is 3. The third-order valence-corrected chi connectivity index (χ3v) is 4.14. The highest BCUT2D eigenvalue weighted by Crippen LogP contribution is 2.40. The third kappa shape index (κ3) is 3.39. The minimum atomic E-state index is -4.23. The molecule has 1 unspecified atom stereocenters. The molecule has 4 heteroatoms. The lowest BCUT2D eigenvalue weighted by molar-refractivity contribution is -0.138. The van der Waals surface area contributed by atoms with Crippen molar-refractivity contribution in [3.05, 3.63) is 23.0 Å². The second-order valence-corrected chi connectivity index (χ2v) is 6.34. The number of nitrogens with zero attached hydrogens (tertiary/aromatic N) is 1. The monoisotopic (exact) mass is 289 g/mol. The molecular formula is C16H26F3N. The van der Waals surface area contributed by atoms with Crippen molar-refractivity contribution in [2.45, 2.75) is 67.1 Å². The zero-order chi connectivity index (χ0) is 15.7. The van der Waals surface area contributed by atoms with Crippen molar-refractivity contribution in [2.24, 2.45) is 11.3 Å². The summed E-state index contributed by atoms with van der Waals surface area (Å²) in [4.78, 5) is 0. The lowest BCUT2D eigenvalue weighted by Gasteiger charge is -2.35. The van der Waals surface area contributed by atoms with E-state index in [0.717, 1.165) is 18.5 Å². The Hall–Kier alpha value is -0.930. The van der Waals surface area contributed by atoms with E-state index in [4.69, 9.17) is 0 Å². The highest BCUT2D eigenvalue weighted by Gasteiger charge is 2.37. The molecule has 1 aliphatic heterocycles. The molecule has 2 heterocycles. The molecule has 116 valence electrons. The summed E-state index contributed by atoms with van der Waals surface area (Å²) in [7, 11) is 0. The minimum Gasteiger partial charge on any atom is -0.348 e. The molecule has 0 radical (unpaired) electrons. The molecule has 0 aliphatic carbocycles. The quantitative estimate of drug-likeness (QED) is 0.598. The van der Waals surface area contributed by atoms with Gasteiger partial charge in [0.2, 0.25) is 0 Å². The molecule has 1 aromatic rings. The molecule has 0 aromatic carbocycles. The molecule has 0 spiro atoms. The van der Waals surface area contributed by atoms with Crippen LogP contribution in [0.1, 0.15) is 58.0 Å². The van der Waals surface area contributed by atoms with Gasteiger partial charge in [0.15, 0.2) is 0 Å². The van der Waals surface area contributed by atoms with Crippen molar-refractivity contribution in [2.75, 3.05) is 0 Å². The Kier molecular flexibility index (Phi) is 4.99. The maximum Gasteiger partial charge on any atom is 0.418 e. The van der Waals surface area contributed by atoms with Crippen LogP contribution in [0.3, 0.4) is 0 Å². The molecule has 20 heavy (non-hydrogen) atoms. The number of hydrogen-bond donors (Lipinski definition) is 0. The van der Waals surface area contributed by atoms with Crippen molar-refractivity contribution in [3.8, 4) is 0 Å². The van der Waals surface area contributed by atoms with Crippen LogP contribution in [-0.4, -0.2) is 4.57 Å². The Morgan fingerprint density at radius 2 is 1.70 bits per heavy atom. The van der Waals surface area contributed by atoms with Gasteiger partial charge in [-0.3, -0.25) is 0 Å². The Balaban J connectivity index is 0.000000956. The molecule has 1 aliphatic rings. The number of fused-ring (bicyclic) bond motifs is 1. The van der Waals surface area contributed by atoms with Crippen molar-refractivity contribution in [1.82, 2.24) is 4.57 Å². The summed E-state index contributed by atoms with van der Waals surface area (Å²) in [6.07, 6.45) is -2.52. The average molecular weight is 289 g/mol. The van der Waals surface area contributed by atoms with E-state index in [2.05, 4.69) is 20.8 Å². The first-order chi connectivity index (χ1) is 9.10. The van der Waals surface area contributed by atoms with E-state index in [-0.39, 0.29) is 5.41 Å². The van der Waals surface area contributed by atoms with Gasteiger partial charge in [-0.05, 0) is 37.2 Å². The zero-order valence-electron chi connectivity index (χ0n) is 13.4. The second kappa shape index (κ2) is 5.82. The zero-order valence-corrected chi connectivity index (χ0v) is 13.4. The molecule has 0 fully saturated rings. The van der Waals surface area contributed by atoms with Gasteiger partial charge >= 0.3 is 6.18 Å². The van der Waals surface area contributed by atoms with Crippen molar-refractivity contribution < 1.29 is 13.2 Å². The molecule has 0 N–H and O–H groups in total. The maximum absolute atomic E-state index is 12.9. The molecule has 2 rings (SSSR count). The molecule has 0 amide bonds. The van der Waals surface area contributed by atoms with E-state index in [1.807, 2.05) is 18.4 Å². The smallest absolute Gasteiger partial charge is 0.348 e. The predicted molar refractivity (Wildman–Crippen MR) is 76.8 cm³/mol. The van der Waals surface area contributed by atoms with Crippen LogP contribution in [0.2, 0.25) is 0 Å². The first-order valence-electron chi connectivity index (χ1n) is 7.37. The van der Waals surface area contributed by atoms with Crippen LogP contribution in [0, 0.1) is 18.3 Å². The van der Waals surface area contributed by atoms with Gasteiger partial charge in [0.1, 0.15) is 0 Å². The van der Waals surface area contributed by atoms with Gasteiger partial charge in [0.05, 0.1) is 5.56 Å². The standard InChI is InChI=1S/C14H20F3N.C2H6/c1-9-12(14(15,16)17)8-11-7-10(13(2,3)4)5-6-18(9)11;1-2/h8,10H,5-7H2,1-4H3;1-2H3. The van der Waals surface area contributed by atoms with Crippen LogP contribution in [0.25, 0.3) is 0 Å². The lowest BCUT2D eigenvalue weighted by atomic mass is 9.75. The van der Waals surface area contributed by atoms with Gasteiger partial charge in [-0.25, -0.2) is 0 Å². The number of halogens is 3. The fourth-order valence-corrected chi connectivity index (χ4v) is 2.86. The molecule has 0 saturated carbocycles. The Bertz CT molecular complexity index is 450. The highest BCUT2D eigenvalue weighted by atomic mass is 19.4. The van der Waals surface area contributed by atoms with Crippen molar-refractivity contribution in [1.29, 1.82) is 0 Å².